The summed E-state index contributed by atoms with van der Waals surface area (Å²) in [6.07, 6.45) is 1.71. The van der Waals surface area contributed by atoms with Crippen LogP contribution in [0.2, 0.25) is 0 Å². The predicted molar refractivity (Wildman–Crippen MR) is 95.6 cm³/mol. The van der Waals surface area contributed by atoms with Crippen molar-refractivity contribution in [2.75, 3.05) is 31.1 Å². The van der Waals surface area contributed by atoms with Crippen molar-refractivity contribution in [3.63, 3.8) is 0 Å². The molecule has 0 N–H and O–H groups in total. The van der Waals surface area contributed by atoms with E-state index in [2.05, 4.69) is 15.0 Å². The zero-order valence-corrected chi connectivity index (χ0v) is 14.9. The fourth-order valence-corrected chi connectivity index (χ4v) is 4.18. The van der Waals surface area contributed by atoms with Crippen LogP contribution < -0.4 is 4.90 Å². The molecule has 3 heterocycles. The van der Waals surface area contributed by atoms with Gasteiger partial charge >= 0.3 is 0 Å². The lowest BCUT2D eigenvalue weighted by molar-refractivity contribution is 0.0735. The number of aryl methyl sites for hydroxylation is 2. The molecule has 25 heavy (non-hydrogen) atoms. The Morgan fingerprint density at radius 3 is 2.64 bits per heavy atom. The first-order valence-electron chi connectivity index (χ1n) is 8.12. The molecular weight excluding hydrogens is 341 g/mol. The highest BCUT2D eigenvalue weighted by Crippen LogP contribution is 2.30. The minimum atomic E-state index is -0.291. The first-order chi connectivity index (χ1) is 12.0. The molecule has 1 aliphatic rings. The van der Waals surface area contributed by atoms with Gasteiger partial charge in [-0.3, -0.25) is 9.48 Å². The van der Waals surface area contributed by atoms with Crippen molar-refractivity contribution >= 4 is 32.6 Å². The number of benzene rings is 1. The summed E-state index contributed by atoms with van der Waals surface area (Å²) >= 11 is 1.49. The molecule has 1 amide bonds. The Morgan fingerprint density at radius 2 is 2.00 bits per heavy atom. The molecule has 0 radical (unpaired) electrons. The Balaban J connectivity index is 1.49. The number of hydrogen-bond donors (Lipinski definition) is 0. The van der Waals surface area contributed by atoms with E-state index in [1.807, 2.05) is 17.9 Å². The van der Waals surface area contributed by atoms with Crippen molar-refractivity contribution in [1.82, 2.24) is 19.7 Å². The topological polar surface area (TPSA) is 54.3 Å². The van der Waals surface area contributed by atoms with E-state index >= 15 is 0 Å². The average Bonchev–Trinajstić information content (AvgIpc) is 3.19. The van der Waals surface area contributed by atoms with Gasteiger partial charge in [-0.15, -0.1) is 0 Å². The third-order valence-corrected chi connectivity index (χ3v) is 5.60. The standard InChI is InChI=1S/C17H18FN5OS/c1-11-10-19-21(2)15(11)16(24)22-6-8-23(9-7-22)17-20-14-12(18)4-3-5-13(14)25-17/h3-5,10H,6-9H2,1-2H3. The average molecular weight is 359 g/mol. The summed E-state index contributed by atoms with van der Waals surface area (Å²) in [5, 5.41) is 4.95. The molecule has 0 saturated carbocycles. The second kappa shape index (κ2) is 6.11. The lowest BCUT2D eigenvalue weighted by Crippen LogP contribution is -2.49. The number of aromatic nitrogens is 3. The maximum atomic E-state index is 13.8. The highest BCUT2D eigenvalue weighted by atomic mass is 32.1. The molecule has 3 aromatic rings. The fourth-order valence-electron chi connectivity index (χ4n) is 3.14. The summed E-state index contributed by atoms with van der Waals surface area (Å²) in [5.41, 5.74) is 1.94. The third-order valence-electron chi connectivity index (χ3n) is 4.52. The van der Waals surface area contributed by atoms with Crippen molar-refractivity contribution in [3.8, 4) is 0 Å². The zero-order chi connectivity index (χ0) is 17.6. The number of anilines is 1. The van der Waals surface area contributed by atoms with E-state index in [1.165, 1.54) is 17.4 Å². The number of piperazine rings is 1. The lowest BCUT2D eigenvalue weighted by atomic mass is 10.2. The van der Waals surface area contributed by atoms with Crippen molar-refractivity contribution in [1.29, 1.82) is 0 Å². The predicted octanol–water partition coefficient (Wildman–Crippen LogP) is 2.44. The molecule has 1 fully saturated rings. The van der Waals surface area contributed by atoms with Crippen LogP contribution >= 0.6 is 11.3 Å². The quantitative estimate of drug-likeness (QED) is 0.705. The molecule has 0 aliphatic carbocycles. The Labute approximate surface area is 148 Å². The number of halogens is 1. The fraction of sp³-hybridized carbons (Fsp3) is 0.353. The van der Waals surface area contributed by atoms with Crippen LogP contribution in [0.1, 0.15) is 16.1 Å². The van der Waals surface area contributed by atoms with Crippen molar-refractivity contribution in [2.24, 2.45) is 7.05 Å². The van der Waals surface area contributed by atoms with Gasteiger partial charge < -0.3 is 9.80 Å². The van der Waals surface area contributed by atoms with Crippen molar-refractivity contribution in [2.45, 2.75) is 6.92 Å². The summed E-state index contributed by atoms with van der Waals surface area (Å²) in [4.78, 5) is 21.1. The van der Waals surface area contributed by atoms with Gasteiger partial charge in [0.1, 0.15) is 17.0 Å². The molecule has 1 aliphatic heterocycles. The van der Waals surface area contributed by atoms with Gasteiger partial charge in [0.15, 0.2) is 5.13 Å². The number of carbonyl (C=O) groups excluding carboxylic acids is 1. The lowest BCUT2D eigenvalue weighted by Gasteiger charge is -2.34. The first-order valence-corrected chi connectivity index (χ1v) is 8.94. The van der Waals surface area contributed by atoms with E-state index < -0.39 is 0 Å². The van der Waals surface area contributed by atoms with Gasteiger partial charge in [-0.05, 0) is 24.6 Å². The molecular formula is C17H18FN5OS. The number of nitrogens with zero attached hydrogens (tertiary/aromatic N) is 5. The summed E-state index contributed by atoms with van der Waals surface area (Å²) < 4.78 is 16.3. The van der Waals surface area contributed by atoms with Crippen LogP contribution in [0.4, 0.5) is 9.52 Å². The molecule has 8 heteroatoms. The maximum absolute atomic E-state index is 13.8. The van der Waals surface area contributed by atoms with Crippen LogP contribution in [0, 0.1) is 12.7 Å². The van der Waals surface area contributed by atoms with Crippen LogP contribution in [0.25, 0.3) is 10.2 Å². The molecule has 0 atom stereocenters. The number of hydrogen-bond acceptors (Lipinski definition) is 5. The van der Waals surface area contributed by atoms with E-state index in [9.17, 15) is 9.18 Å². The second-order valence-corrected chi connectivity index (χ2v) is 7.17. The molecule has 6 nitrogen and oxygen atoms in total. The Bertz CT molecular complexity index is 922. The summed E-state index contributed by atoms with van der Waals surface area (Å²) in [6, 6.07) is 5.01. The molecule has 130 valence electrons. The van der Waals surface area contributed by atoms with Crippen molar-refractivity contribution in [3.05, 3.63) is 41.5 Å². The molecule has 1 saturated heterocycles. The molecule has 4 rings (SSSR count). The monoisotopic (exact) mass is 359 g/mol. The smallest absolute Gasteiger partial charge is 0.272 e. The largest absolute Gasteiger partial charge is 0.345 e. The van der Waals surface area contributed by atoms with E-state index in [4.69, 9.17) is 0 Å². The maximum Gasteiger partial charge on any atom is 0.272 e. The highest BCUT2D eigenvalue weighted by molar-refractivity contribution is 7.22. The normalized spacial score (nSPS) is 15.2. The molecule has 0 spiro atoms. The first kappa shape index (κ1) is 16.0. The van der Waals surface area contributed by atoms with Crippen molar-refractivity contribution < 1.29 is 9.18 Å². The van der Waals surface area contributed by atoms with Gasteiger partial charge in [0.2, 0.25) is 0 Å². The van der Waals surface area contributed by atoms with Gasteiger partial charge in [-0.2, -0.15) is 5.10 Å². The van der Waals surface area contributed by atoms with Crippen LogP contribution in [0.5, 0.6) is 0 Å². The number of carbonyl (C=O) groups is 1. The molecule has 2 aromatic heterocycles. The van der Waals surface area contributed by atoms with Gasteiger partial charge in [-0.1, -0.05) is 17.4 Å². The minimum absolute atomic E-state index is 0.00694. The SMILES string of the molecule is Cc1cnn(C)c1C(=O)N1CCN(c2nc3c(F)cccc3s2)CC1. The number of para-hydroxylation sites is 1. The number of amides is 1. The van der Waals surface area contributed by atoms with Crippen LogP contribution in [0.15, 0.2) is 24.4 Å². The second-order valence-electron chi connectivity index (χ2n) is 6.16. The van der Waals surface area contributed by atoms with Crippen LogP contribution in [0.3, 0.4) is 0 Å². The van der Waals surface area contributed by atoms with Crippen LogP contribution in [-0.4, -0.2) is 51.8 Å². The summed E-state index contributed by atoms with van der Waals surface area (Å²) in [7, 11) is 1.78. The molecule has 0 bridgehead atoms. The summed E-state index contributed by atoms with van der Waals surface area (Å²) in [6.45, 7) is 4.49. The highest BCUT2D eigenvalue weighted by Gasteiger charge is 2.26. The zero-order valence-electron chi connectivity index (χ0n) is 14.1. The third kappa shape index (κ3) is 2.76. The minimum Gasteiger partial charge on any atom is -0.345 e. The number of rotatable bonds is 2. The van der Waals surface area contributed by atoms with Crippen LogP contribution in [-0.2, 0) is 7.05 Å². The molecule has 1 aromatic carbocycles. The number of thiazole rings is 1. The van der Waals surface area contributed by atoms with Gasteiger partial charge in [0.25, 0.3) is 5.91 Å². The molecule has 0 unspecified atom stereocenters. The summed E-state index contributed by atoms with van der Waals surface area (Å²) in [5.74, 6) is -0.284. The number of fused-ring (bicyclic) bond motifs is 1. The Kier molecular flexibility index (Phi) is 3.91. The Hall–Kier alpha value is -2.48. The van der Waals surface area contributed by atoms with Gasteiger partial charge in [0, 0.05) is 33.2 Å². The van der Waals surface area contributed by atoms with Gasteiger partial charge in [0.05, 0.1) is 10.9 Å². The Morgan fingerprint density at radius 1 is 1.24 bits per heavy atom. The van der Waals surface area contributed by atoms with E-state index in [1.54, 1.807) is 24.0 Å². The van der Waals surface area contributed by atoms with E-state index in [0.717, 1.165) is 15.4 Å². The van der Waals surface area contributed by atoms with E-state index in [0.29, 0.717) is 37.4 Å². The van der Waals surface area contributed by atoms with E-state index in [-0.39, 0.29) is 11.7 Å². The van der Waals surface area contributed by atoms with Gasteiger partial charge in [-0.25, -0.2) is 9.37 Å².